The van der Waals surface area contributed by atoms with E-state index in [-0.39, 0.29) is 6.54 Å². The number of carbonyl (C=O) groups is 2. The molecule has 0 aromatic carbocycles. The summed E-state index contributed by atoms with van der Waals surface area (Å²) in [5.41, 5.74) is 0. The van der Waals surface area contributed by atoms with Crippen molar-refractivity contribution in [2.45, 2.75) is 25.9 Å². The molecular formula is C13H19F3N2O3. The van der Waals surface area contributed by atoms with Crippen molar-refractivity contribution in [2.75, 3.05) is 26.2 Å². The van der Waals surface area contributed by atoms with Gasteiger partial charge in [0.1, 0.15) is 0 Å². The Balaban J connectivity index is 2.04. The number of halogens is 3. The molecule has 2 aliphatic heterocycles. The maximum absolute atomic E-state index is 12.9. The predicted octanol–water partition coefficient (Wildman–Crippen LogP) is 2.03. The number of likely N-dealkylation sites (tertiary alicyclic amines) is 2. The topological polar surface area (TPSA) is 60.9 Å². The quantitative estimate of drug-likeness (QED) is 0.806. The summed E-state index contributed by atoms with van der Waals surface area (Å²) in [5.74, 6) is -4.55. The third-order valence-corrected chi connectivity index (χ3v) is 4.38. The fourth-order valence-electron chi connectivity index (χ4n) is 2.94. The molecule has 2 saturated heterocycles. The number of nitrogens with zero attached hydrogens (tertiary/aromatic N) is 2. The first-order valence-electron chi connectivity index (χ1n) is 7.03. The van der Waals surface area contributed by atoms with Crippen molar-refractivity contribution in [3.63, 3.8) is 0 Å². The third-order valence-electron chi connectivity index (χ3n) is 4.38. The summed E-state index contributed by atoms with van der Waals surface area (Å²) < 4.78 is 38.7. The minimum atomic E-state index is -4.60. The fraction of sp³-hybridized carbons (Fsp3) is 0.846. The first-order chi connectivity index (χ1) is 9.70. The fourth-order valence-corrected chi connectivity index (χ4v) is 2.94. The molecule has 0 spiro atoms. The Kier molecular flexibility index (Phi) is 4.34. The molecule has 21 heavy (non-hydrogen) atoms. The molecule has 0 bridgehead atoms. The molecule has 8 heteroatoms. The normalized spacial score (nSPS) is 28.0. The molecule has 120 valence electrons. The van der Waals surface area contributed by atoms with Crippen LogP contribution in [-0.4, -0.2) is 59.3 Å². The summed E-state index contributed by atoms with van der Waals surface area (Å²) >= 11 is 0. The number of carbonyl (C=O) groups excluding carboxylic acids is 1. The zero-order valence-electron chi connectivity index (χ0n) is 11.8. The maximum atomic E-state index is 12.9. The third kappa shape index (κ3) is 3.41. The zero-order valence-corrected chi connectivity index (χ0v) is 11.8. The molecule has 0 aromatic rings. The van der Waals surface area contributed by atoms with E-state index in [1.54, 1.807) is 0 Å². The molecule has 0 radical (unpaired) electrons. The summed E-state index contributed by atoms with van der Waals surface area (Å²) in [6.45, 7) is 2.17. The molecular weight excluding hydrogens is 289 g/mol. The number of alkyl halides is 3. The van der Waals surface area contributed by atoms with Gasteiger partial charge in [0, 0.05) is 26.2 Å². The summed E-state index contributed by atoms with van der Waals surface area (Å²) in [7, 11) is 0. The number of aliphatic carboxylic acids is 1. The summed E-state index contributed by atoms with van der Waals surface area (Å²) in [6, 6.07) is -0.472. The van der Waals surface area contributed by atoms with Gasteiger partial charge in [-0.15, -0.1) is 0 Å². The highest BCUT2D eigenvalue weighted by atomic mass is 19.4. The number of carboxylic acids is 1. The van der Waals surface area contributed by atoms with Crippen LogP contribution in [0.1, 0.15) is 19.8 Å². The van der Waals surface area contributed by atoms with Gasteiger partial charge in [0.15, 0.2) is 0 Å². The molecule has 5 nitrogen and oxygen atoms in total. The van der Waals surface area contributed by atoms with E-state index < -0.39 is 36.6 Å². The van der Waals surface area contributed by atoms with Gasteiger partial charge in [-0.1, -0.05) is 6.92 Å². The minimum absolute atomic E-state index is 0.371. The molecule has 2 amide bonds. The second kappa shape index (κ2) is 5.73. The van der Waals surface area contributed by atoms with Crippen LogP contribution in [-0.2, 0) is 4.79 Å². The second-order valence-corrected chi connectivity index (χ2v) is 5.95. The van der Waals surface area contributed by atoms with Gasteiger partial charge in [-0.2, -0.15) is 13.2 Å². The van der Waals surface area contributed by atoms with Gasteiger partial charge in [-0.25, -0.2) is 4.79 Å². The number of rotatable bonds is 1. The van der Waals surface area contributed by atoms with Gasteiger partial charge in [-0.05, 0) is 18.8 Å². The number of hydrogen-bond acceptors (Lipinski definition) is 2. The van der Waals surface area contributed by atoms with Crippen LogP contribution in [0.2, 0.25) is 0 Å². The Bertz CT molecular complexity index is 419. The van der Waals surface area contributed by atoms with E-state index in [0.717, 1.165) is 17.7 Å². The lowest BCUT2D eigenvalue weighted by atomic mass is 9.96. The van der Waals surface area contributed by atoms with E-state index in [4.69, 9.17) is 5.11 Å². The molecule has 2 aliphatic rings. The Morgan fingerprint density at radius 2 is 1.67 bits per heavy atom. The van der Waals surface area contributed by atoms with Crippen molar-refractivity contribution >= 4 is 12.0 Å². The van der Waals surface area contributed by atoms with E-state index in [9.17, 15) is 22.8 Å². The smallest absolute Gasteiger partial charge is 0.394 e. The van der Waals surface area contributed by atoms with Crippen LogP contribution in [0.5, 0.6) is 0 Å². The Labute approximate surface area is 120 Å². The zero-order chi connectivity index (χ0) is 15.8. The van der Waals surface area contributed by atoms with Gasteiger partial charge in [-0.3, -0.25) is 4.79 Å². The van der Waals surface area contributed by atoms with Crippen molar-refractivity contribution in [1.82, 2.24) is 9.80 Å². The number of urea groups is 1. The van der Waals surface area contributed by atoms with Crippen LogP contribution in [0.25, 0.3) is 0 Å². The van der Waals surface area contributed by atoms with Crippen molar-refractivity contribution in [3.05, 3.63) is 0 Å². The molecule has 2 heterocycles. The van der Waals surface area contributed by atoms with Gasteiger partial charge >= 0.3 is 18.2 Å². The molecule has 0 aromatic heterocycles. The summed E-state index contributed by atoms with van der Waals surface area (Å²) in [6.07, 6.45) is -2.95. The van der Waals surface area contributed by atoms with E-state index in [1.165, 1.54) is 4.90 Å². The summed E-state index contributed by atoms with van der Waals surface area (Å²) in [4.78, 5) is 25.8. The van der Waals surface area contributed by atoms with Crippen LogP contribution in [0.3, 0.4) is 0 Å². The Hall–Kier alpha value is -1.47. The van der Waals surface area contributed by atoms with Gasteiger partial charge in [0.25, 0.3) is 0 Å². The molecule has 2 rings (SSSR count). The first-order valence-corrected chi connectivity index (χ1v) is 7.03. The Morgan fingerprint density at radius 3 is 2.10 bits per heavy atom. The van der Waals surface area contributed by atoms with Gasteiger partial charge in [0.05, 0.1) is 11.8 Å². The van der Waals surface area contributed by atoms with Crippen molar-refractivity contribution in [3.8, 4) is 0 Å². The lowest BCUT2D eigenvalue weighted by Crippen LogP contribution is -2.46. The monoisotopic (exact) mass is 308 g/mol. The van der Waals surface area contributed by atoms with E-state index >= 15 is 0 Å². The molecule has 2 atom stereocenters. The van der Waals surface area contributed by atoms with Crippen molar-refractivity contribution in [1.29, 1.82) is 0 Å². The van der Waals surface area contributed by atoms with Crippen LogP contribution in [0.15, 0.2) is 0 Å². The van der Waals surface area contributed by atoms with E-state index in [1.807, 2.05) is 0 Å². The van der Waals surface area contributed by atoms with Crippen LogP contribution in [0.4, 0.5) is 18.0 Å². The largest absolute Gasteiger partial charge is 0.481 e. The number of carboxylic acid groups (broad SMARTS) is 1. The van der Waals surface area contributed by atoms with Crippen LogP contribution < -0.4 is 0 Å². The first kappa shape index (κ1) is 15.9. The molecule has 1 N–H and O–H groups in total. The maximum Gasteiger partial charge on any atom is 0.394 e. The molecule has 0 unspecified atom stereocenters. The van der Waals surface area contributed by atoms with E-state index in [2.05, 4.69) is 6.92 Å². The number of piperidine rings is 1. The SMILES string of the molecule is CC1CCN(C(=O)N2C[C@@H](C(F)(F)F)[C@H](C(=O)O)C2)CC1. The van der Waals surface area contributed by atoms with Gasteiger partial charge in [0.2, 0.25) is 0 Å². The van der Waals surface area contributed by atoms with Gasteiger partial charge < -0.3 is 14.9 Å². The lowest BCUT2D eigenvalue weighted by molar-refractivity contribution is -0.187. The average molecular weight is 308 g/mol. The highest BCUT2D eigenvalue weighted by Crippen LogP contribution is 2.38. The molecule has 2 fully saturated rings. The van der Waals surface area contributed by atoms with Crippen LogP contribution >= 0.6 is 0 Å². The Morgan fingerprint density at radius 1 is 1.10 bits per heavy atom. The standard InChI is InChI=1S/C13H19F3N2O3/c1-8-2-4-17(5-3-8)12(21)18-6-9(11(19)20)10(7-18)13(14,15)16/h8-10H,2-7H2,1H3,(H,19,20)/t9-,10-/m1/s1. The van der Waals surface area contributed by atoms with Crippen LogP contribution in [0, 0.1) is 17.8 Å². The second-order valence-electron chi connectivity index (χ2n) is 5.95. The lowest BCUT2D eigenvalue weighted by Gasteiger charge is -2.33. The number of hydrogen-bond donors (Lipinski definition) is 1. The highest BCUT2D eigenvalue weighted by Gasteiger charge is 2.54. The molecule has 0 aliphatic carbocycles. The summed E-state index contributed by atoms with van der Waals surface area (Å²) in [5, 5.41) is 8.94. The number of amides is 2. The highest BCUT2D eigenvalue weighted by molar-refractivity contribution is 5.78. The minimum Gasteiger partial charge on any atom is -0.481 e. The molecule has 0 saturated carbocycles. The van der Waals surface area contributed by atoms with Crippen molar-refractivity contribution in [2.24, 2.45) is 17.8 Å². The van der Waals surface area contributed by atoms with Crippen molar-refractivity contribution < 1.29 is 27.9 Å². The van der Waals surface area contributed by atoms with E-state index in [0.29, 0.717) is 19.0 Å². The average Bonchev–Trinajstić information content (AvgIpc) is 2.84. The predicted molar refractivity (Wildman–Crippen MR) is 67.6 cm³/mol.